The summed E-state index contributed by atoms with van der Waals surface area (Å²) in [6, 6.07) is 11.5. The number of nitrogens with one attached hydrogen (secondary N) is 1. The van der Waals surface area contributed by atoms with Gasteiger partial charge in [0.1, 0.15) is 0 Å². The maximum absolute atomic E-state index is 12.4. The van der Waals surface area contributed by atoms with Crippen LogP contribution >= 0.6 is 0 Å². The zero-order valence-electron chi connectivity index (χ0n) is 14.1. The number of hydrogen-bond acceptors (Lipinski definition) is 4. The third-order valence-corrected chi connectivity index (χ3v) is 4.51. The van der Waals surface area contributed by atoms with Crippen molar-refractivity contribution in [1.82, 2.24) is 4.98 Å². The predicted molar refractivity (Wildman–Crippen MR) is 94.8 cm³/mol. The molecule has 2 aromatic rings. The summed E-state index contributed by atoms with van der Waals surface area (Å²) in [7, 11) is 1.60. The summed E-state index contributed by atoms with van der Waals surface area (Å²) in [5.74, 6) is 0.521. The van der Waals surface area contributed by atoms with Crippen molar-refractivity contribution in [2.75, 3.05) is 12.4 Å². The minimum Gasteiger partial charge on any atom is -0.481 e. The van der Waals surface area contributed by atoms with Crippen molar-refractivity contribution in [2.24, 2.45) is 11.7 Å². The molecule has 1 aliphatic heterocycles. The first-order valence-corrected chi connectivity index (χ1v) is 8.30. The lowest BCUT2D eigenvalue weighted by Crippen LogP contribution is -2.22. The van der Waals surface area contributed by atoms with Crippen LogP contribution in [-0.2, 0) is 4.79 Å². The van der Waals surface area contributed by atoms with Crippen LogP contribution in [0.25, 0.3) is 11.1 Å². The largest absolute Gasteiger partial charge is 0.481 e. The summed E-state index contributed by atoms with van der Waals surface area (Å²) in [6.45, 7) is 1.95. The van der Waals surface area contributed by atoms with Crippen LogP contribution < -0.4 is 15.8 Å². The van der Waals surface area contributed by atoms with Crippen LogP contribution in [0.2, 0.25) is 0 Å². The Morgan fingerprint density at radius 3 is 2.83 bits per heavy atom. The highest BCUT2D eigenvalue weighted by Crippen LogP contribution is 2.33. The van der Waals surface area contributed by atoms with Crippen LogP contribution in [0.3, 0.4) is 0 Å². The highest BCUT2D eigenvalue weighted by Gasteiger charge is 2.19. The fraction of sp³-hybridized carbons (Fsp3) is 0.368. The molecule has 0 fully saturated rings. The van der Waals surface area contributed by atoms with Crippen molar-refractivity contribution in [3.05, 3.63) is 42.1 Å². The predicted octanol–water partition coefficient (Wildman–Crippen LogP) is 3.52. The van der Waals surface area contributed by atoms with Crippen molar-refractivity contribution in [2.45, 2.75) is 32.2 Å². The molecule has 0 saturated carbocycles. The van der Waals surface area contributed by atoms with Gasteiger partial charge in [0, 0.05) is 29.3 Å². The molecule has 1 amide bonds. The minimum atomic E-state index is -0.166. The third kappa shape index (κ3) is 3.41. The van der Waals surface area contributed by atoms with Gasteiger partial charge in [-0.05, 0) is 30.5 Å². The Kier molecular flexibility index (Phi) is 4.81. The molecule has 0 spiro atoms. The Morgan fingerprint density at radius 1 is 1.25 bits per heavy atom. The first kappa shape index (κ1) is 16.5. The van der Waals surface area contributed by atoms with Crippen LogP contribution in [0.4, 0.5) is 5.69 Å². The Labute approximate surface area is 142 Å². The Bertz CT molecular complexity index is 745. The number of nitrogens with two attached hydrogens (primary N) is 1. The number of fused-ring (bicyclic) bond motifs is 4. The Balaban J connectivity index is 2.15. The molecule has 126 valence electrons. The monoisotopic (exact) mass is 325 g/mol. The highest BCUT2D eigenvalue weighted by molar-refractivity contribution is 5.96. The molecule has 0 saturated heterocycles. The van der Waals surface area contributed by atoms with Gasteiger partial charge >= 0.3 is 0 Å². The maximum atomic E-state index is 12.4. The number of methoxy groups -OCH3 is 1. The zero-order chi connectivity index (χ0) is 17.1. The van der Waals surface area contributed by atoms with Crippen LogP contribution in [0.15, 0.2) is 36.4 Å². The van der Waals surface area contributed by atoms with E-state index >= 15 is 0 Å². The maximum Gasteiger partial charge on any atom is 0.227 e. The van der Waals surface area contributed by atoms with Gasteiger partial charge in [-0.3, -0.25) is 4.79 Å². The number of nitrogens with zero attached hydrogens (tertiary/aromatic N) is 1. The number of carbonyl (C=O) groups is 1. The number of rotatable bonds is 1. The average molecular weight is 325 g/mol. The molecule has 1 aromatic carbocycles. The van der Waals surface area contributed by atoms with E-state index in [1.54, 1.807) is 7.11 Å². The minimum absolute atomic E-state index is 0.0397. The summed E-state index contributed by atoms with van der Waals surface area (Å²) in [6.07, 6.45) is 2.48. The third-order valence-electron chi connectivity index (χ3n) is 4.51. The van der Waals surface area contributed by atoms with Gasteiger partial charge in [0.15, 0.2) is 0 Å². The lowest BCUT2D eigenvalue weighted by atomic mass is 9.96. The first-order valence-electron chi connectivity index (χ1n) is 8.30. The SMILES string of the molecule is COc1cc2cc(n1)[C@@H](N)CCC[C@H](C)C(=O)Nc1ccccc1-2. The molecule has 0 radical (unpaired) electrons. The molecule has 2 atom stereocenters. The number of ether oxygens (including phenoxy) is 1. The molecule has 3 N–H and O–H groups in total. The second kappa shape index (κ2) is 7.01. The molecule has 24 heavy (non-hydrogen) atoms. The van der Waals surface area contributed by atoms with Crippen molar-refractivity contribution in [1.29, 1.82) is 0 Å². The fourth-order valence-corrected chi connectivity index (χ4v) is 3.00. The average Bonchev–Trinajstić information content (AvgIpc) is 2.60. The molecular formula is C19H23N3O2. The van der Waals surface area contributed by atoms with Gasteiger partial charge in [0.25, 0.3) is 0 Å². The van der Waals surface area contributed by atoms with Gasteiger partial charge in [0.05, 0.1) is 12.8 Å². The molecule has 2 heterocycles. The Morgan fingerprint density at radius 2 is 2.04 bits per heavy atom. The lowest BCUT2D eigenvalue weighted by molar-refractivity contribution is -0.119. The van der Waals surface area contributed by atoms with Gasteiger partial charge < -0.3 is 15.8 Å². The van der Waals surface area contributed by atoms with Crippen LogP contribution in [0, 0.1) is 5.92 Å². The van der Waals surface area contributed by atoms with Crippen molar-refractivity contribution >= 4 is 11.6 Å². The van der Waals surface area contributed by atoms with Gasteiger partial charge in [-0.2, -0.15) is 0 Å². The van der Waals surface area contributed by atoms with Crippen LogP contribution in [0.5, 0.6) is 5.88 Å². The topological polar surface area (TPSA) is 77.2 Å². The van der Waals surface area contributed by atoms with E-state index in [9.17, 15) is 4.79 Å². The van der Waals surface area contributed by atoms with E-state index in [4.69, 9.17) is 10.5 Å². The van der Waals surface area contributed by atoms with Gasteiger partial charge in [-0.15, -0.1) is 0 Å². The highest BCUT2D eigenvalue weighted by atomic mass is 16.5. The van der Waals surface area contributed by atoms with E-state index in [-0.39, 0.29) is 17.9 Å². The molecule has 5 heteroatoms. The van der Waals surface area contributed by atoms with Crippen LogP contribution in [-0.4, -0.2) is 18.0 Å². The summed E-state index contributed by atoms with van der Waals surface area (Å²) < 4.78 is 5.34. The van der Waals surface area contributed by atoms with Gasteiger partial charge in [0.2, 0.25) is 11.8 Å². The number of aromatic nitrogens is 1. The molecule has 2 bridgehead atoms. The van der Waals surface area contributed by atoms with Crippen LogP contribution in [0.1, 0.15) is 37.9 Å². The lowest BCUT2D eigenvalue weighted by Gasteiger charge is -2.19. The van der Waals surface area contributed by atoms with E-state index in [2.05, 4.69) is 10.3 Å². The number of para-hydroxylation sites is 1. The molecule has 1 aliphatic rings. The molecule has 3 rings (SSSR count). The van der Waals surface area contributed by atoms with Crippen molar-refractivity contribution in [3.63, 3.8) is 0 Å². The van der Waals surface area contributed by atoms with E-state index < -0.39 is 0 Å². The number of carbonyl (C=O) groups excluding carboxylic acids is 1. The van der Waals surface area contributed by atoms with E-state index in [0.29, 0.717) is 5.88 Å². The van der Waals surface area contributed by atoms with E-state index in [1.807, 2.05) is 43.3 Å². The van der Waals surface area contributed by atoms with Gasteiger partial charge in [-0.25, -0.2) is 4.98 Å². The molecular weight excluding hydrogens is 302 g/mol. The molecule has 0 aliphatic carbocycles. The summed E-state index contributed by atoms with van der Waals surface area (Å²) >= 11 is 0. The van der Waals surface area contributed by atoms with Crippen molar-refractivity contribution < 1.29 is 9.53 Å². The number of amides is 1. The van der Waals surface area contributed by atoms with E-state index in [1.165, 1.54) is 0 Å². The summed E-state index contributed by atoms with van der Waals surface area (Å²) in [4.78, 5) is 16.9. The zero-order valence-corrected chi connectivity index (χ0v) is 14.1. The fourth-order valence-electron chi connectivity index (χ4n) is 3.00. The number of benzene rings is 1. The quantitative estimate of drug-likeness (QED) is 0.841. The molecule has 5 nitrogen and oxygen atoms in total. The Hall–Kier alpha value is -2.40. The van der Waals surface area contributed by atoms with E-state index in [0.717, 1.165) is 41.8 Å². The second-order valence-corrected chi connectivity index (χ2v) is 6.30. The van der Waals surface area contributed by atoms with Gasteiger partial charge in [-0.1, -0.05) is 31.5 Å². The first-order chi connectivity index (χ1) is 11.6. The summed E-state index contributed by atoms with van der Waals surface area (Å²) in [5, 5.41) is 3.05. The normalized spacial score (nSPS) is 21.0. The number of hydrogen-bond donors (Lipinski definition) is 2. The molecule has 1 aromatic heterocycles. The summed E-state index contributed by atoms with van der Waals surface area (Å²) in [5.41, 5.74) is 9.82. The number of anilines is 1. The smallest absolute Gasteiger partial charge is 0.227 e. The molecule has 0 unspecified atom stereocenters. The second-order valence-electron chi connectivity index (χ2n) is 6.30. The number of pyridine rings is 1. The standard InChI is InChI=1S/C19H23N3O2/c1-12-6-5-8-15(20)17-10-13(11-18(21-17)24-2)14-7-3-4-9-16(14)22-19(12)23/h3-4,7,9-12,15H,5-6,8,20H2,1-2H3,(H,22,23)/t12-,15-/m0/s1. The van der Waals surface area contributed by atoms with Crippen molar-refractivity contribution in [3.8, 4) is 17.0 Å².